The van der Waals surface area contributed by atoms with Crippen LogP contribution in [0.3, 0.4) is 0 Å². The van der Waals surface area contributed by atoms with Gasteiger partial charge in [-0.25, -0.2) is 0 Å². The molecule has 0 aromatic rings. The number of rotatable bonds is 12. The van der Waals surface area contributed by atoms with Crippen LogP contribution in [0.15, 0.2) is 0 Å². The fourth-order valence-corrected chi connectivity index (χ4v) is 18.5. The summed E-state index contributed by atoms with van der Waals surface area (Å²) in [7, 11) is -3.44. The van der Waals surface area contributed by atoms with E-state index in [9.17, 15) is 0 Å². The van der Waals surface area contributed by atoms with Crippen molar-refractivity contribution in [3.05, 3.63) is 0 Å². The number of unbranched alkanes of at least 4 members (excludes halogenated alkanes) is 2. The molecule has 0 fully saturated rings. The van der Waals surface area contributed by atoms with Crippen molar-refractivity contribution in [2.45, 2.75) is 129 Å². The first-order valence-electron chi connectivity index (χ1n) is 10.3. The Morgan fingerprint density at radius 1 is 0.565 bits per heavy atom. The van der Waals surface area contributed by atoms with Crippen molar-refractivity contribution >= 4 is 16.6 Å². The average Bonchev–Trinajstić information content (AvgIpc) is 2.45. The molecule has 0 amide bonds. The summed E-state index contributed by atoms with van der Waals surface area (Å²) in [5.41, 5.74) is 2.89. The molecule has 3 heteroatoms. The summed E-state index contributed by atoms with van der Waals surface area (Å²) in [4.78, 5) is 0. The fraction of sp³-hybridized carbons (Fsp3) is 1.00. The van der Waals surface area contributed by atoms with Crippen LogP contribution in [0.5, 0.6) is 0 Å². The maximum Gasteiger partial charge on any atom is 0.184 e. The smallest absolute Gasteiger partial charge is 0.184 e. The van der Waals surface area contributed by atoms with Crippen LogP contribution in [-0.4, -0.2) is 16.6 Å². The molecule has 0 aliphatic carbocycles. The van der Waals surface area contributed by atoms with Gasteiger partial charge in [-0.05, 0) is 34.3 Å². The molecule has 0 aliphatic rings. The van der Waals surface area contributed by atoms with E-state index in [2.05, 4.69) is 69.2 Å². The van der Waals surface area contributed by atoms with Crippen molar-refractivity contribution in [1.82, 2.24) is 0 Å². The Bertz CT molecular complexity index is 265. The van der Waals surface area contributed by atoms with Crippen LogP contribution in [0.2, 0.25) is 34.3 Å². The third-order valence-corrected chi connectivity index (χ3v) is 19.3. The van der Waals surface area contributed by atoms with Gasteiger partial charge in [0.05, 0.1) is 0 Å². The van der Waals surface area contributed by atoms with Gasteiger partial charge in [-0.1, -0.05) is 94.9 Å². The zero-order chi connectivity index (χ0) is 18.3. The Morgan fingerprint density at radius 2 is 0.826 bits per heavy atom. The van der Waals surface area contributed by atoms with E-state index in [-0.39, 0.29) is 0 Å². The van der Waals surface area contributed by atoms with Crippen LogP contribution >= 0.6 is 0 Å². The van der Waals surface area contributed by atoms with E-state index in [1.807, 2.05) is 0 Å². The second-order valence-corrected chi connectivity index (χ2v) is 19.1. The minimum absolute atomic E-state index is 0.722. The third kappa shape index (κ3) is 5.71. The van der Waals surface area contributed by atoms with E-state index in [1.54, 1.807) is 0 Å². The predicted octanol–water partition coefficient (Wildman–Crippen LogP) is 8.13. The molecule has 0 unspecified atom stereocenters. The van der Waals surface area contributed by atoms with Gasteiger partial charge in [0.2, 0.25) is 0 Å². The first-order valence-corrected chi connectivity index (χ1v) is 14.8. The predicted molar refractivity (Wildman–Crippen MR) is 112 cm³/mol. The first-order chi connectivity index (χ1) is 10.6. The Morgan fingerprint density at radius 3 is 1.00 bits per heavy atom. The van der Waals surface area contributed by atoms with Crippen molar-refractivity contribution in [3.8, 4) is 0 Å². The molecule has 1 nitrogen and oxygen atoms in total. The molecule has 0 heterocycles. The van der Waals surface area contributed by atoms with Crippen molar-refractivity contribution in [3.63, 3.8) is 0 Å². The van der Waals surface area contributed by atoms with E-state index >= 15 is 0 Å². The molecule has 0 aliphatic heterocycles. The first kappa shape index (κ1) is 23.4. The molecule has 0 saturated carbocycles. The van der Waals surface area contributed by atoms with E-state index in [0.717, 1.165) is 22.2 Å². The van der Waals surface area contributed by atoms with Crippen molar-refractivity contribution in [2.75, 3.05) is 0 Å². The lowest BCUT2D eigenvalue weighted by Gasteiger charge is -2.50. The number of hydrogen-bond acceptors (Lipinski definition) is 1. The monoisotopic (exact) mass is 358 g/mol. The SMILES string of the molecule is CCCC[Si](O[Si](CCCC)(C(C)C)C(C)C)(C(C)C)C(C)C. The zero-order valence-electron chi connectivity index (χ0n) is 18.0. The van der Waals surface area contributed by atoms with Gasteiger partial charge in [0.25, 0.3) is 0 Å². The molecule has 0 rings (SSSR count). The van der Waals surface area contributed by atoms with Crippen molar-refractivity contribution < 1.29 is 4.12 Å². The highest BCUT2D eigenvalue weighted by Crippen LogP contribution is 2.47. The van der Waals surface area contributed by atoms with Crippen LogP contribution < -0.4 is 0 Å². The largest absolute Gasteiger partial charge is 0.454 e. The summed E-state index contributed by atoms with van der Waals surface area (Å²) in [6, 6.07) is 2.72. The zero-order valence-corrected chi connectivity index (χ0v) is 20.0. The minimum Gasteiger partial charge on any atom is -0.454 e. The maximum atomic E-state index is 7.55. The molecule has 23 heavy (non-hydrogen) atoms. The molecule has 0 bridgehead atoms. The van der Waals surface area contributed by atoms with Crippen LogP contribution in [0, 0.1) is 0 Å². The van der Waals surface area contributed by atoms with Gasteiger partial charge in [0.1, 0.15) is 0 Å². The van der Waals surface area contributed by atoms with Gasteiger partial charge in [0, 0.05) is 0 Å². The van der Waals surface area contributed by atoms with Crippen molar-refractivity contribution in [2.24, 2.45) is 0 Å². The molecule has 140 valence electrons. The second-order valence-electron chi connectivity index (χ2n) is 8.84. The Hall–Kier alpha value is 0.394. The summed E-state index contributed by atoms with van der Waals surface area (Å²) in [6.07, 6.45) is 5.28. The Balaban J connectivity index is 5.82. The van der Waals surface area contributed by atoms with E-state index in [0.29, 0.717) is 0 Å². The lowest BCUT2D eigenvalue weighted by molar-refractivity contribution is 0.442. The summed E-state index contributed by atoms with van der Waals surface area (Å²) in [5.74, 6) is 0. The van der Waals surface area contributed by atoms with E-state index < -0.39 is 16.6 Å². The second kappa shape index (κ2) is 10.4. The van der Waals surface area contributed by atoms with E-state index in [4.69, 9.17) is 4.12 Å². The minimum atomic E-state index is -1.72. The molecule has 0 atom stereocenters. The van der Waals surface area contributed by atoms with Gasteiger partial charge < -0.3 is 4.12 Å². The van der Waals surface area contributed by atoms with Crippen LogP contribution in [0.1, 0.15) is 94.9 Å². The van der Waals surface area contributed by atoms with Crippen LogP contribution in [0.4, 0.5) is 0 Å². The molecule has 0 aromatic heterocycles. The van der Waals surface area contributed by atoms with Gasteiger partial charge in [-0.3, -0.25) is 0 Å². The van der Waals surface area contributed by atoms with Gasteiger partial charge in [0.15, 0.2) is 16.6 Å². The lowest BCUT2D eigenvalue weighted by Crippen LogP contribution is -2.57. The standard InChI is InChI=1S/C20H46OSi2/c1-11-13-15-22(17(3)4,18(5)6)21-23(19(7)8,20(9)10)16-14-12-2/h17-20H,11-16H2,1-10H3. The number of hydrogen-bond donors (Lipinski definition) is 0. The molecule has 0 saturated heterocycles. The van der Waals surface area contributed by atoms with Gasteiger partial charge >= 0.3 is 0 Å². The highest BCUT2D eigenvalue weighted by atomic mass is 28.4. The highest BCUT2D eigenvalue weighted by molar-refractivity contribution is 6.89. The summed E-state index contributed by atoms with van der Waals surface area (Å²) < 4.78 is 7.55. The Kier molecular flexibility index (Phi) is 10.6. The normalized spacial score (nSPS) is 13.8. The van der Waals surface area contributed by atoms with Crippen LogP contribution in [-0.2, 0) is 4.12 Å². The lowest BCUT2D eigenvalue weighted by atomic mass is 10.4. The maximum absolute atomic E-state index is 7.55. The summed E-state index contributed by atoms with van der Waals surface area (Å²) >= 11 is 0. The van der Waals surface area contributed by atoms with Gasteiger partial charge in [-0.15, -0.1) is 0 Å². The molecule has 0 spiro atoms. The Labute approximate surface area is 150 Å². The molecular formula is C20H46OSi2. The highest BCUT2D eigenvalue weighted by Gasteiger charge is 2.51. The fourth-order valence-electron chi connectivity index (χ4n) is 4.32. The quantitative estimate of drug-likeness (QED) is 0.320. The van der Waals surface area contributed by atoms with E-state index in [1.165, 1.54) is 37.8 Å². The van der Waals surface area contributed by atoms with Gasteiger partial charge in [-0.2, -0.15) is 0 Å². The molecule has 0 radical (unpaired) electrons. The average molecular weight is 359 g/mol. The third-order valence-electron chi connectivity index (χ3n) is 6.13. The van der Waals surface area contributed by atoms with Crippen molar-refractivity contribution in [1.29, 1.82) is 0 Å². The topological polar surface area (TPSA) is 9.23 Å². The molecule has 0 N–H and O–H groups in total. The van der Waals surface area contributed by atoms with Crippen LogP contribution in [0.25, 0.3) is 0 Å². The molecule has 0 aromatic carbocycles. The summed E-state index contributed by atoms with van der Waals surface area (Å²) in [5, 5.41) is 0. The molecular weight excluding hydrogens is 312 g/mol. The summed E-state index contributed by atoms with van der Waals surface area (Å²) in [6.45, 7) is 24.2.